The van der Waals surface area contributed by atoms with Crippen LogP contribution in [0, 0.1) is 0 Å². The quantitative estimate of drug-likeness (QED) is 0.663. The highest BCUT2D eigenvalue weighted by Gasteiger charge is 2.42. The molecule has 0 aromatic heterocycles. The van der Waals surface area contributed by atoms with E-state index in [4.69, 9.17) is 0 Å². The van der Waals surface area contributed by atoms with Crippen molar-refractivity contribution in [1.29, 1.82) is 0 Å². The zero-order valence-electron chi connectivity index (χ0n) is 10.4. The van der Waals surface area contributed by atoms with E-state index in [-0.39, 0.29) is 0 Å². The molecule has 2 unspecified atom stereocenters. The van der Waals surface area contributed by atoms with Crippen LogP contribution in [0.2, 0.25) is 0 Å². The standard InChI is InChI=1S/C12H25N3/c1-4-13(2)6-5-7-15-11-8-12(15)10-14(3)9-11/h11-12H,4-10H2,1-3H3. The van der Waals surface area contributed by atoms with E-state index in [2.05, 4.69) is 35.7 Å². The summed E-state index contributed by atoms with van der Waals surface area (Å²) in [7, 11) is 4.46. The Labute approximate surface area is 94.0 Å². The number of nitrogens with zero attached hydrogens (tertiary/aromatic N) is 3. The molecule has 0 saturated carbocycles. The summed E-state index contributed by atoms with van der Waals surface area (Å²) in [6.07, 6.45) is 2.79. The monoisotopic (exact) mass is 211 g/mol. The molecule has 3 nitrogen and oxygen atoms in total. The first-order valence-corrected chi connectivity index (χ1v) is 6.33. The zero-order chi connectivity index (χ0) is 10.8. The van der Waals surface area contributed by atoms with Crippen LogP contribution in [0.4, 0.5) is 0 Å². The Hall–Kier alpha value is -0.120. The Morgan fingerprint density at radius 3 is 2.53 bits per heavy atom. The minimum Gasteiger partial charge on any atom is -0.307 e. The number of piperidine rings is 1. The molecule has 2 bridgehead atoms. The molecule has 0 radical (unpaired) electrons. The van der Waals surface area contributed by atoms with Crippen molar-refractivity contribution >= 4 is 0 Å². The van der Waals surface area contributed by atoms with Crippen molar-refractivity contribution in [2.45, 2.75) is 31.8 Å². The van der Waals surface area contributed by atoms with Crippen molar-refractivity contribution in [3.63, 3.8) is 0 Å². The number of piperazine rings is 1. The van der Waals surface area contributed by atoms with Crippen LogP contribution in [-0.2, 0) is 0 Å². The number of rotatable bonds is 5. The van der Waals surface area contributed by atoms with Gasteiger partial charge < -0.3 is 9.80 Å². The van der Waals surface area contributed by atoms with Crippen LogP contribution in [0.3, 0.4) is 0 Å². The number of fused-ring (bicyclic) bond motifs is 2. The topological polar surface area (TPSA) is 9.72 Å². The number of hydrogen-bond donors (Lipinski definition) is 0. The SMILES string of the molecule is CCN(C)CCCN1C2CC1CN(C)C2. The highest BCUT2D eigenvalue weighted by Crippen LogP contribution is 2.31. The molecular weight excluding hydrogens is 186 g/mol. The first-order valence-electron chi connectivity index (χ1n) is 6.33. The lowest BCUT2D eigenvalue weighted by Gasteiger charge is -2.56. The number of hydrogen-bond acceptors (Lipinski definition) is 3. The van der Waals surface area contributed by atoms with Gasteiger partial charge in [-0.1, -0.05) is 6.92 Å². The van der Waals surface area contributed by atoms with E-state index in [9.17, 15) is 0 Å². The third kappa shape index (κ3) is 2.52. The molecule has 88 valence electrons. The lowest BCUT2D eigenvalue weighted by atomic mass is 9.87. The van der Waals surface area contributed by atoms with Gasteiger partial charge in [0.2, 0.25) is 0 Å². The summed E-state index contributed by atoms with van der Waals surface area (Å²) in [5.41, 5.74) is 0. The molecule has 0 aromatic rings. The Kier molecular flexibility index (Phi) is 3.65. The zero-order valence-corrected chi connectivity index (χ0v) is 10.4. The fourth-order valence-corrected chi connectivity index (χ4v) is 2.94. The van der Waals surface area contributed by atoms with E-state index < -0.39 is 0 Å². The van der Waals surface area contributed by atoms with Crippen LogP contribution < -0.4 is 0 Å². The lowest BCUT2D eigenvalue weighted by Crippen LogP contribution is -2.67. The van der Waals surface area contributed by atoms with Crippen LogP contribution in [0.25, 0.3) is 0 Å². The molecule has 15 heavy (non-hydrogen) atoms. The van der Waals surface area contributed by atoms with E-state index >= 15 is 0 Å². The summed E-state index contributed by atoms with van der Waals surface area (Å²) in [4.78, 5) is 7.61. The van der Waals surface area contributed by atoms with Gasteiger partial charge in [-0.15, -0.1) is 0 Å². The van der Waals surface area contributed by atoms with Gasteiger partial charge in [0.15, 0.2) is 0 Å². The van der Waals surface area contributed by atoms with Crippen LogP contribution >= 0.6 is 0 Å². The van der Waals surface area contributed by atoms with Crippen molar-refractivity contribution in [1.82, 2.24) is 14.7 Å². The number of likely N-dealkylation sites (N-methyl/N-ethyl adjacent to an activating group) is 1. The lowest BCUT2D eigenvalue weighted by molar-refractivity contribution is -0.0616. The summed E-state index contributed by atoms with van der Waals surface area (Å²) in [6.45, 7) is 8.55. The summed E-state index contributed by atoms with van der Waals surface area (Å²) in [5, 5.41) is 0. The molecule has 2 atom stereocenters. The average Bonchev–Trinajstić information content (AvgIpc) is 2.23. The van der Waals surface area contributed by atoms with Gasteiger partial charge in [0, 0.05) is 31.7 Å². The van der Waals surface area contributed by atoms with Crippen LogP contribution in [-0.4, -0.2) is 73.6 Å². The minimum atomic E-state index is 0.876. The molecule has 3 aliphatic heterocycles. The molecule has 3 fully saturated rings. The second-order valence-corrected chi connectivity index (χ2v) is 5.25. The summed E-state index contributed by atoms with van der Waals surface area (Å²) < 4.78 is 0. The first-order chi connectivity index (χ1) is 7.20. The smallest absolute Gasteiger partial charge is 0.0241 e. The van der Waals surface area contributed by atoms with Crippen LogP contribution in [0.15, 0.2) is 0 Å². The highest BCUT2D eigenvalue weighted by molar-refractivity contribution is 4.99. The van der Waals surface area contributed by atoms with E-state index in [1.807, 2.05) is 0 Å². The predicted octanol–water partition coefficient (Wildman–Crippen LogP) is 0.717. The van der Waals surface area contributed by atoms with Gasteiger partial charge in [0.05, 0.1) is 0 Å². The Morgan fingerprint density at radius 2 is 1.93 bits per heavy atom. The van der Waals surface area contributed by atoms with E-state index in [1.54, 1.807) is 0 Å². The van der Waals surface area contributed by atoms with Gasteiger partial charge in [-0.25, -0.2) is 0 Å². The van der Waals surface area contributed by atoms with Crippen LogP contribution in [0.1, 0.15) is 19.8 Å². The molecule has 0 aliphatic carbocycles. The largest absolute Gasteiger partial charge is 0.307 e. The third-order valence-electron chi connectivity index (χ3n) is 4.02. The normalized spacial score (nSPS) is 32.0. The fourth-order valence-electron chi connectivity index (χ4n) is 2.94. The maximum absolute atomic E-state index is 2.73. The Morgan fingerprint density at radius 1 is 1.27 bits per heavy atom. The second kappa shape index (κ2) is 4.81. The van der Waals surface area contributed by atoms with E-state index in [0.29, 0.717) is 0 Å². The van der Waals surface area contributed by atoms with Gasteiger partial charge in [-0.05, 0) is 40.0 Å². The van der Waals surface area contributed by atoms with Crippen molar-refractivity contribution in [3.8, 4) is 0 Å². The first kappa shape index (κ1) is 11.4. The van der Waals surface area contributed by atoms with Gasteiger partial charge in [0.1, 0.15) is 0 Å². The van der Waals surface area contributed by atoms with Crippen molar-refractivity contribution in [2.24, 2.45) is 0 Å². The minimum absolute atomic E-state index is 0.876. The van der Waals surface area contributed by atoms with Crippen molar-refractivity contribution in [2.75, 3.05) is 46.8 Å². The van der Waals surface area contributed by atoms with Gasteiger partial charge in [-0.2, -0.15) is 0 Å². The van der Waals surface area contributed by atoms with Crippen LogP contribution in [0.5, 0.6) is 0 Å². The Balaban J connectivity index is 1.65. The molecular formula is C12H25N3. The maximum atomic E-state index is 2.73. The van der Waals surface area contributed by atoms with E-state index in [0.717, 1.165) is 12.1 Å². The molecule has 3 heteroatoms. The molecule has 3 saturated heterocycles. The van der Waals surface area contributed by atoms with Gasteiger partial charge in [0.25, 0.3) is 0 Å². The molecule has 3 heterocycles. The molecule has 0 aromatic carbocycles. The van der Waals surface area contributed by atoms with Crippen molar-refractivity contribution in [3.05, 3.63) is 0 Å². The summed E-state index contributed by atoms with van der Waals surface area (Å²) in [5.74, 6) is 0. The third-order valence-corrected chi connectivity index (χ3v) is 4.02. The fraction of sp³-hybridized carbons (Fsp3) is 1.00. The molecule has 3 rings (SSSR count). The highest BCUT2D eigenvalue weighted by atomic mass is 15.3. The molecule has 0 amide bonds. The summed E-state index contributed by atoms with van der Waals surface area (Å²) in [6, 6.07) is 1.75. The Bertz CT molecular complexity index is 195. The van der Waals surface area contributed by atoms with Gasteiger partial charge >= 0.3 is 0 Å². The average molecular weight is 211 g/mol. The molecule has 0 spiro atoms. The molecule has 0 N–H and O–H groups in total. The maximum Gasteiger partial charge on any atom is 0.0241 e. The second-order valence-electron chi connectivity index (χ2n) is 5.25. The van der Waals surface area contributed by atoms with Gasteiger partial charge in [-0.3, -0.25) is 4.90 Å². The summed E-state index contributed by atoms with van der Waals surface area (Å²) >= 11 is 0. The predicted molar refractivity (Wildman–Crippen MR) is 64.2 cm³/mol. The molecule has 3 aliphatic rings. The van der Waals surface area contributed by atoms with E-state index in [1.165, 1.54) is 45.6 Å². The van der Waals surface area contributed by atoms with Crippen molar-refractivity contribution < 1.29 is 0 Å².